The Bertz CT molecular complexity index is 420. The van der Waals surface area contributed by atoms with E-state index in [0.717, 1.165) is 25.4 Å². The van der Waals surface area contributed by atoms with Crippen molar-refractivity contribution in [2.75, 3.05) is 26.2 Å². The summed E-state index contributed by atoms with van der Waals surface area (Å²) in [6.07, 6.45) is 6.43. The first-order valence-corrected chi connectivity index (χ1v) is 8.33. The van der Waals surface area contributed by atoms with Crippen LogP contribution in [0.25, 0.3) is 0 Å². The molecule has 2 heterocycles. The zero-order valence-corrected chi connectivity index (χ0v) is 12.8. The van der Waals surface area contributed by atoms with Crippen LogP contribution >= 0.6 is 0 Å². The monoisotopic (exact) mass is 294 g/mol. The highest BCUT2D eigenvalue weighted by Gasteiger charge is 2.40. The van der Waals surface area contributed by atoms with Gasteiger partial charge in [-0.25, -0.2) is 4.79 Å². The highest BCUT2D eigenvalue weighted by Crippen LogP contribution is 2.36. The van der Waals surface area contributed by atoms with E-state index in [0.29, 0.717) is 19.0 Å². The molecule has 0 aromatic rings. The number of carboxylic acids is 1. The summed E-state index contributed by atoms with van der Waals surface area (Å²) in [5, 5.41) is 9.01. The topological polar surface area (TPSA) is 60.9 Å². The van der Waals surface area contributed by atoms with Gasteiger partial charge in [0, 0.05) is 32.1 Å². The van der Waals surface area contributed by atoms with Crippen LogP contribution in [0, 0.1) is 23.7 Å². The smallest absolute Gasteiger partial charge is 0.320 e. The molecule has 0 radical (unpaired) electrons. The van der Waals surface area contributed by atoms with Gasteiger partial charge in [0.25, 0.3) is 0 Å². The van der Waals surface area contributed by atoms with Gasteiger partial charge in [-0.1, -0.05) is 26.2 Å². The molecule has 2 amide bonds. The van der Waals surface area contributed by atoms with Crippen LogP contribution in [-0.2, 0) is 4.79 Å². The fraction of sp³-hybridized carbons (Fsp3) is 0.875. The Labute approximate surface area is 126 Å². The fourth-order valence-electron chi connectivity index (χ4n) is 4.16. The molecular formula is C16H26N2O3. The largest absolute Gasteiger partial charge is 0.481 e. The van der Waals surface area contributed by atoms with Gasteiger partial charge in [0.15, 0.2) is 0 Å². The van der Waals surface area contributed by atoms with Crippen LogP contribution in [0.2, 0.25) is 0 Å². The van der Waals surface area contributed by atoms with E-state index < -0.39 is 5.97 Å². The lowest BCUT2D eigenvalue weighted by Crippen LogP contribution is -2.59. The predicted octanol–water partition coefficient (Wildman–Crippen LogP) is 2.27. The Hall–Kier alpha value is -1.26. The summed E-state index contributed by atoms with van der Waals surface area (Å²) in [6, 6.07) is 0.132. The second kappa shape index (κ2) is 5.85. The maximum atomic E-state index is 12.5. The molecule has 2 saturated heterocycles. The van der Waals surface area contributed by atoms with Crippen molar-refractivity contribution in [3.05, 3.63) is 0 Å². The van der Waals surface area contributed by atoms with Gasteiger partial charge < -0.3 is 14.9 Å². The number of fused-ring (bicyclic) bond motifs is 1. The summed E-state index contributed by atoms with van der Waals surface area (Å²) < 4.78 is 0. The molecule has 3 fully saturated rings. The highest BCUT2D eigenvalue weighted by atomic mass is 16.4. The van der Waals surface area contributed by atoms with Gasteiger partial charge in [-0.2, -0.15) is 0 Å². The van der Waals surface area contributed by atoms with Gasteiger partial charge in [-0.3, -0.25) is 4.79 Å². The number of carbonyl (C=O) groups is 2. The lowest BCUT2D eigenvalue weighted by molar-refractivity contribution is -0.145. The fourth-order valence-corrected chi connectivity index (χ4v) is 4.16. The second-order valence-corrected chi connectivity index (χ2v) is 7.11. The molecule has 0 spiro atoms. The number of nitrogens with zero attached hydrogens (tertiary/aromatic N) is 2. The van der Waals surface area contributed by atoms with Crippen molar-refractivity contribution >= 4 is 12.0 Å². The van der Waals surface area contributed by atoms with Crippen LogP contribution < -0.4 is 0 Å². The van der Waals surface area contributed by atoms with Gasteiger partial charge in [0.2, 0.25) is 0 Å². The van der Waals surface area contributed by atoms with E-state index in [4.69, 9.17) is 5.11 Å². The molecule has 2 aliphatic heterocycles. The summed E-state index contributed by atoms with van der Waals surface area (Å²) in [5.41, 5.74) is 0. The zero-order valence-electron chi connectivity index (χ0n) is 12.8. The standard InChI is InChI=1S/C16H26N2O3/c1-11(15(19)20)14-9-18(10-14)16(21)17-7-6-12-4-2-3-5-13(12)8-17/h11-14H,2-10H2,1H3,(H,19,20). The van der Waals surface area contributed by atoms with Crippen molar-refractivity contribution in [1.82, 2.24) is 9.80 Å². The van der Waals surface area contributed by atoms with E-state index in [-0.39, 0.29) is 17.9 Å². The van der Waals surface area contributed by atoms with Crippen LogP contribution in [0.15, 0.2) is 0 Å². The third kappa shape index (κ3) is 2.87. The van der Waals surface area contributed by atoms with Crippen LogP contribution in [-0.4, -0.2) is 53.1 Å². The normalized spacial score (nSPS) is 31.3. The SMILES string of the molecule is CC(C(=O)O)C1CN(C(=O)N2CCC3CCCCC3C2)C1. The molecule has 118 valence electrons. The van der Waals surface area contributed by atoms with E-state index in [1.54, 1.807) is 6.92 Å². The molecule has 3 rings (SSSR count). The number of urea groups is 1. The third-order valence-corrected chi connectivity index (χ3v) is 5.84. The van der Waals surface area contributed by atoms with E-state index in [2.05, 4.69) is 0 Å². The summed E-state index contributed by atoms with van der Waals surface area (Å²) in [5.74, 6) is 0.553. The Morgan fingerprint density at radius 3 is 2.33 bits per heavy atom. The first-order chi connectivity index (χ1) is 10.1. The Morgan fingerprint density at radius 2 is 1.67 bits per heavy atom. The molecule has 3 atom stereocenters. The van der Waals surface area contributed by atoms with Crippen molar-refractivity contribution in [1.29, 1.82) is 0 Å². The minimum absolute atomic E-state index is 0.124. The molecule has 3 unspecified atom stereocenters. The van der Waals surface area contributed by atoms with E-state index in [1.165, 1.54) is 25.7 Å². The number of rotatable bonds is 2. The van der Waals surface area contributed by atoms with Crippen molar-refractivity contribution < 1.29 is 14.7 Å². The predicted molar refractivity (Wildman–Crippen MR) is 78.9 cm³/mol. The van der Waals surface area contributed by atoms with Crippen LogP contribution in [0.4, 0.5) is 4.79 Å². The number of piperidine rings is 1. The number of carboxylic acid groups (broad SMARTS) is 1. The molecule has 1 N–H and O–H groups in total. The average Bonchev–Trinajstić information content (AvgIpc) is 2.44. The lowest BCUT2D eigenvalue weighted by Gasteiger charge is -2.47. The lowest BCUT2D eigenvalue weighted by atomic mass is 9.75. The van der Waals surface area contributed by atoms with Crippen molar-refractivity contribution in [2.24, 2.45) is 23.7 Å². The summed E-state index contributed by atoms with van der Waals surface area (Å²) in [6.45, 7) is 4.75. The van der Waals surface area contributed by atoms with Crippen molar-refractivity contribution in [3.8, 4) is 0 Å². The average molecular weight is 294 g/mol. The molecule has 5 nitrogen and oxygen atoms in total. The van der Waals surface area contributed by atoms with Gasteiger partial charge in [0.1, 0.15) is 0 Å². The van der Waals surface area contributed by atoms with Gasteiger partial charge in [-0.05, 0) is 24.7 Å². The van der Waals surface area contributed by atoms with Crippen molar-refractivity contribution in [2.45, 2.75) is 39.0 Å². The number of carbonyl (C=O) groups excluding carboxylic acids is 1. The minimum Gasteiger partial charge on any atom is -0.481 e. The molecule has 0 bridgehead atoms. The zero-order chi connectivity index (χ0) is 15.0. The quantitative estimate of drug-likeness (QED) is 0.850. The second-order valence-electron chi connectivity index (χ2n) is 7.11. The first kappa shape index (κ1) is 14.7. The summed E-state index contributed by atoms with van der Waals surface area (Å²) in [7, 11) is 0. The number of aliphatic carboxylic acids is 1. The van der Waals surface area contributed by atoms with Gasteiger partial charge in [0.05, 0.1) is 5.92 Å². The molecule has 5 heteroatoms. The molecule has 21 heavy (non-hydrogen) atoms. The molecular weight excluding hydrogens is 268 g/mol. The maximum Gasteiger partial charge on any atom is 0.320 e. The first-order valence-electron chi connectivity index (χ1n) is 8.33. The van der Waals surface area contributed by atoms with E-state index in [1.807, 2.05) is 9.80 Å². The number of likely N-dealkylation sites (tertiary alicyclic amines) is 2. The Balaban J connectivity index is 1.50. The maximum absolute atomic E-state index is 12.5. The number of hydrogen-bond donors (Lipinski definition) is 1. The summed E-state index contributed by atoms with van der Waals surface area (Å²) in [4.78, 5) is 27.3. The molecule has 0 aromatic carbocycles. The molecule has 1 aliphatic carbocycles. The number of amides is 2. The van der Waals surface area contributed by atoms with E-state index in [9.17, 15) is 9.59 Å². The Morgan fingerprint density at radius 1 is 1.00 bits per heavy atom. The summed E-state index contributed by atoms with van der Waals surface area (Å²) >= 11 is 0. The third-order valence-electron chi connectivity index (χ3n) is 5.84. The van der Waals surface area contributed by atoms with Crippen LogP contribution in [0.3, 0.4) is 0 Å². The van der Waals surface area contributed by atoms with Gasteiger partial charge in [-0.15, -0.1) is 0 Å². The van der Waals surface area contributed by atoms with Crippen LogP contribution in [0.1, 0.15) is 39.0 Å². The molecule has 1 saturated carbocycles. The minimum atomic E-state index is -0.755. The van der Waals surface area contributed by atoms with Crippen molar-refractivity contribution in [3.63, 3.8) is 0 Å². The van der Waals surface area contributed by atoms with Crippen LogP contribution in [0.5, 0.6) is 0 Å². The van der Waals surface area contributed by atoms with Gasteiger partial charge >= 0.3 is 12.0 Å². The Kier molecular flexibility index (Phi) is 4.09. The number of hydrogen-bond acceptors (Lipinski definition) is 2. The molecule has 3 aliphatic rings. The molecule has 0 aromatic heterocycles. The van der Waals surface area contributed by atoms with E-state index >= 15 is 0 Å². The highest BCUT2D eigenvalue weighted by molar-refractivity contribution is 5.76.